The first-order valence-corrected chi connectivity index (χ1v) is 11.4. The molecule has 7 nitrogen and oxygen atoms in total. The van der Waals surface area contributed by atoms with Gasteiger partial charge < -0.3 is 10.4 Å². The molecule has 0 unspecified atom stereocenters. The van der Waals surface area contributed by atoms with E-state index in [4.69, 9.17) is 5.11 Å². The van der Waals surface area contributed by atoms with E-state index in [-0.39, 0.29) is 30.4 Å². The third-order valence-electron chi connectivity index (χ3n) is 5.33. The SMILES string of the molecule is C=C/C(C)=C(\C=C)[C@@H](C)CC(=O)O.CC(=O)c1cc(NCC(=O)C(C)(C)C)n(-c2ccccc2)n1. The summed E-state index contributed by atoms with van der Waals surface area (Å²) in [5.41, 5.74) is 2.74. The lowest BCUT2D eigenvalue weighted by molar-refractivity contribution is -0.137. The minimum atomic E-state index is -0.788. The number of anilines is 1. The van der Waals surface area contributed by atoms with Crippen LogP contribution in [0.2, 0.25) is 0 Å². The molecule has 0 aliphatic heterocycles. The number of hydrogen-bond acceptors (Lipinski definition) is 5. The minimum absolute atomic E-state index is 0.00648. The highest BCUT2D eigenvalue weighted by Gasteiger charge is 2.21. The van der Waals surface area contributed by atoms with Crippen LogP contribution in [0.5, 0.6) is 0 Å². The Labute approximate surface area is 208 Å². The summed E-state index contributed by atoms with van der Waals surface area (Å²) in [6.07, 6.45) is 3.55. The highest BCUT2D eigenvalue weighted by atomic mass is 16.4. The molecule has 1 aromatic heterocycles. The van der Waals surface area contributed by atoms with Gasteiger partial charge >= 0.3 is 5.97 Å². The number of carbonyl (C=O) groups is 3. The first kappa shape index (κ1) is 29.3. The lowest BCUT2D eigenvalue weighted by Gasteiger charge is -2.17. The molecule has 0 radical (unpaired) electrons. The molecule has 0 saturated heterocycles. The summed E-state index contributed by atoms with van der Waals surface area (Å²) in [6, 6.07) is 11.2. The highest BCUT2D eigenvalue weighted by molar-refractivity contribution is 5.93. The van der Waals surface area contributed by atoms with Gasteiger partial charge in [0.15, 0.2) is 11.6 Å². The summed E-state index contributed by atoms with van der Waals surface area (Å²) in [5, 5.41) is 16.0. The Balaban J connectivity index is 0.000000405. The Morgan fingerprint density at radius 2 is 1.71 bits per heavy atom. The highest BCUT2D eigenvalue weighted by Crippen LogP contribution is 2.21. The summed E-state index contributed by atoms with van der Waals surface area (Å²) in [5.74, 6) is -0.178. The molecule has 0 saturated carbocycles. The van der Waals surface area contributed by atoms with Crippen LogP contribution in [0.3, 0.4) is 0 Å². The average Bonchev–Trinajstić information content (AvgIpc) is 3.22. The largest absolute Gasteiger partial charge is 0.481 e. The number of hydrogen-bond donors (Lipinski definition) is 2. The van der Waals surface area contributed by atoms with E-state index in [9.17, 15) is 14.4 Å². The van der Waals surface area contributed by atoms with Gasteiger partial charge in [-0.05, 0) is 36.1 Å². The number of carboxylic acids is 1. The number of rotatable bonds is 10. The molecule has 2 N–H and O–H groups in total. The van der Waals surface area contributed by atoms with Gasteiger partial charge in [-0.3, -0.25) is 14.4 Å². The molecule has 0 bridgehead atoms. The van der Waals surface area contributed by atoms with Crippen LogP contribution >= 0.6 is 0 Å². The number of allylic oxidation sites excluding steroid dienone is 4. The number of aliphatic carboxylic acids is 1. The number of aromatic nitrogens is 2. The first-order chi connectivity index (χ1) is 16.3. The Kier molecular flexibility index (Phi) is 11.1. The molecule has 0 amide bonds. The molecule has 2 aromatic rings. The number of benzene rings is 1. The number of nitrogens with zero attached hydrogens (tertiary/aromatic N) is 2. The average molecular weight is 480 g/mol. The number of nitrogens with one attached hydrogen (secondary N) is 1. The second-order valence-electron chi connectivity index (χ2n) is 9.29. The zero-order chi connectivity index (χ0) is 26.8. The van der Waals surface area contributed by atoms with Gasteiger partial charge in [-0.25, -0.2) is 4.68 Å². The molecular weight excluding hydrogens is 442 g/mol. The maximum Gasteiger partial charge on any atom is 0.303 e. The van der Waals surface area contributed by atoms with Crippen molar-refractivity contribution < 1.29 is 19.5 Å². The molecular formula is C28H37N3O4. The van der Waals surface area contributed by atoms with E-state index in [2.05, 4.69) is 23.6 Å². The fourth-order valence-electron chi connectivity index (χ4n) is 3.12. The quantitative estimate of drug-likeness (QED) is 0.326. The zero-order valence-electron chi connectivity index (χ0n) is 21.6. The van der Waals surface area contributed by atoms with Gasteiger partial charge in [0.25, 0.3) is 0 Å². The first-order valence-electron chi connectivity index (χ1n) is 11.4. The van der Waals surface area contributed by atoms with Crippen LogP contribution in [0, 0.1) is 11.3 Å². The molecule has 1 atom stereocenters. The monoisotopic (exact) mass is 479 g/mol. The van der Waals surface area contributed by atoms with E-state index in [0.717, 1.165) is 16.8 Å². The predicted molar refractivity (Wildman–Crippen MR) is 141 cm³/mol. The van der Waals surface area contributed by atoms with Crippen molar-refractivity contribution in [3.8, 4) is 5.69 Å². The van der Waals surface area contributed by atoms with Crippen molar-refractivity contribution in [2.45, 2.75) is 48.0 Å². The maximum absolute atomic E-state index is 12.1. The fourth-order valence-corrected chi connectivity index (χ4v) is 3.12. The number of ketones is 2. The van der Waals surface area contributed by atoms with E-state index < -0.39 is 11.4 Å². The van der Waals surface area contributed by atoms with Crippen LogP contribution in [0.25, 0.3) is 5.69 Å². The molecule has 1 aromatic carbocycles. The molecule has 2 rings (SSSR count). The molecule has 7 heteroatoms. The number of Topliss-reactive ketones (excluding diaryl/α,β-unsaturated/α-hetero) is 2. The zero-order valence-corrected chi connectivity index (χ0v) is 21.6. The lowest BCUT2D eigenvalue weighted by Crippen LogP contribution is -2.28. The third-order valence-corrected chi connectivity index (χ3v) is 5.33. The second kappa shape index (κ2) is 13.2. The van der Waals surface area contributed by atoms with Crippen LogP contribution in [0.1, 0.15) is 58.5 Å². The van der Waals surface area contributed by atoms with Crippen LogP contribution in [0.15, 0.2) is 72.9 Å². The fraction of sp³-hybridized carbons (Fsp3) is 0.357. The van der Waals surface area contributed by atoms with Crippen LogP contribution < -0.4 is 5.32 Å². The van der Waals surface area contributed by atoms with E-state index in [1.165, 1.54) is 6.92 Å². The Hall–Kier alpha value is -3.74. The summed E-state index contributed by atoms with van der Waals surface area (Å²) in [7, 11) is 0. The van der Waals surface area contributed by atoms with Crippen LogP contribution in [-0.4, -0.2) is 39.0 Å². The molecule has 1 heterocycles. The Morgan fingerprint density at radius 3 is 2.17 bits per heavy atom. The maximum atomic E-state index is 12.1. The standard InChI is InChI=1S/C17H21N3O2.C11H16O2/c1-12(21)14-10-16(18-11-15(22)17(2,3)4)20(19-14)13-8-6-5-7-9-13;1-5-8(3)10(6-2)9(4)7-11(12)13/h5-10,18H,11H2,1-4H3;5-6,9H,1-2,7H2,3-4H3,(H,12,13)/b;10-8+/t;9-/m.0/s1. The van der Waals surface area contributed by atoms with E-state index in [0.29, 0.717) is 11.5 Å². The van der Waals surface area contributed by atoms with Crippen molar-refractivity contribution in [2.24, 2.45) is 11.3 Å². The normalized spacial score (nSPS) is 12.4. The van der Waals surface area contributed by atoms with Gasteiger partial charge in [-0.1, -0.05) is 71.2 Å². The summed E-state index contributed by atoms with van der Waals surface area (Å²) in [6.45, 7) is 18.4. The number of carbonyl (C=O) groups excluding carboxylic acids is 2. The van der Waals surface area contributed by atoms with Crippen molar-refractivity contribution in [1.29, 1.82) is 0 Å². The lowest BCUT2D eigenvalue weighted by atomic mass is 9.91. The minimum Gasteiger partial charge on any atom is -0.481 e. The molecule has 0 aliphatic rings. The van der Waals surface area contributed by atoms with E-state index in [1.807, 2.05) is 65.0 Å². The predicted octanol–water partition coefficient (Wildman–Crippen LogP) is 5.89. The molecule has 0 spiro atoms. The molecule has 188 valence electrons. The Bertz CT molecular complexity index is 1090. The van der Waals surface area contributed by atoms with Crippen LogP contribution in [0.4, 0.5) is 5.82 Å². The number of para-hydroxylation sites is 1. The van der Waals surface area contributed by atoms with Gasteiger partial charge in [0.1, 0.15) is 11.5 Å². The van der Waals surface area contributed by atoms with Gasteiger partial charge in [0, 0.05) is 18.4 Å². The number of carboxylic acid groups (broad SMARTS) is 1. The van der Waals surface area contributed by atoms with Crippen molar-refractivity contribution in [3.05, 3.63) is 78.5 Å². The van der Waals surface area contributed by atoms with Gasteiger partial charge in [-0.2, -0.15) is 5.10 Å². The van der Waals surface area contributed by atoms with Gasteiger partial charge in [0.05, 0.1) is 18.7 Å². The summed E-state index contributed by atoms with van der Waals surface area (Å²) >= 11 is 0. The van der Waals surface area contributed by atoms with Gasteiger partial charge in [-0.15, -0.1) is 0 Å². The van der Waals surface area contributed by atoms with Crippen molar-refractivity contribution in [2.75, 3.05) is 11.9 Å². The third kappa shape index (κ3) is 9.20. The smallest absolute Gasteiger partial charge is 0.303 e. The summed E-state index contributed by atoms with van der Waals surface area (Å²) < 4.78 is 1.65. The molecule has 0 fully saturated rings. The summed E-state index contributed by atoms with van der Waals surface area (Å²) in [4.78, 5) is 34.1. The van der Waals surface area contributed by atoms with E-state index in [1.54, 1.807) is 22.9 Å². The van der Waals surface area contributed by atoms with Crippen molar-refractivity contribution in [1.82, 2.24) is 9.78 Å². The van der Waals surface area contributed by atoms with Crippen LogP contribution in [-0.2, 0) is 9.59 Å². The van der Waals surface area contributed by atoms with E-state index >= 15 is 0 Å². The second-order valence-corrected chi connectivity index (χ2v) is 9.29. The molecule has 35 heavy (non-hydrogen) atoms. The molecule has 0 aliphatic carbocycles. The topological polar surface area (TPSA) is 101 Å². The Morgan fingerprint density at radius 1 is 1.11 bits per heavy atom. The van der Waals surface area contributed by atoms with Crippen molar-refractivity contribution >= 4 is 23.4 Å². The van der Waals surface area contributed by atoms with Crippen molar-refractivity contribution in [3.63, 3.8) is 0 Å². The van der Waals surface area contributed by atoms with Gasteiger partial charge in [0.2, 0.25) is 0 Å².